The van der Waals surface area contributed by atoms with Crippen LogP contribution in [0.1, 0.15) is 40.5 Å². The molecule has 4 heteroatoms. The fourth-order valence-corrected chi connectivity index (χ4v) is 3.43. The fraction of sp³-hybridized carbons (Fsp3) is 0.438. The topological polar surface area (TPSA) is 24.9 Å². The van der Waals surface area contributed by atoms with Crippen molar-refractivity contribution in [2.45, 2.75) is 39.7 Å². The zero-order valence-electron chi connectivity index (χ0n) is 12.2. The molecule has 1 heterocycles. The lowest BCUT2D eigenvalue weighted by atomic mass is 10.0. The molecule has 1 N–H and O–H groups in total. The van der Waals surface area contributed by atoms with Gasteiger partial charge in [-0.15, -0.1) is 11.3 Å². The van der Waals surface area contributed by atoms with Gasteiger partial charge < -0.3 is 5.32 Å². The van der Waals surface area contributed by atoms with Crippen LogP contribution in [-0.4, -0.2) is 11.5 Å². The zero-order chi connectivity index (χ0) is 14.5. The molecule has 0 bridgehead atoms. The number of thiazole rings is 1. The minimum absolute atomic E-state index is 0.335. The van der Waals surface area contributed by atoms with E-state index < -0.39 is 0 Å². The van der Waals surface area contributed by atoms with Crippen LogP contribution >= 0.6 is 22.9 Å². The lowest BCUT2D eigenvalue weighted by molar-refractivity contribution is 0.534. The number of hydrogen-bond donors (Lipinski definition) is 1. The lowest BCUT2D eigenvalue weighted by Crippen LogP contribution is -2.24. The second-order valence-electron chi connectivity index (χ2n) is 5.02. The predicted octanol–water partition coefficient (Wildman–Crippen LogP) is 4.70. The summed E-state index contributed by atoms with van der Waals surface area (Å²) in [7, 11) is 0. The molecule has 0 amide bonds. The summed E-state index contributed by atoms with van der Waals surface area (Å²) >= 11 is 7.75. The molecule has 108 valence electrons. The van der Waals surface area contributed by atoms with E-state index in [1.54, 1.807) is 11.3 Å². The highest BCUT2D eigenvalue weighted by Crippen LogP contribution is 2.28. The SMILES string of the molecule is CCCNC(Cc1ccc(Cl)cc1)c1sc(C)nc1C. The van der Waals surface area contributed by atoms with Gasteiger partial charge in [-0.05, 0) is 50.9 Å². The van der Waals surface area contributed by atoms with Crippen molar-refractivity contribution in [3.05, 3.63) is 50.4 Å². The van der Waals surface area contributed by atoms with Gasteiger partial charge in [0.05, 0.1) is 10.7 Å². The molecule has 0 aliphatic heterocycles. The molecule has 2 nitrogen and oxygen atoms in total. The number of aromatic nitrogens is 1. The Hall–Kier alpha value is -0.900. The van der Waals surface area contributed by atoms with Crippen LogP contribution in [0.5, 0.6) is 0 Å². The molecule has 1 aromatic heterocycles. The Morgan fingerprint density at radius 2 is 1.95 bits per heavy atom. The first-order valence-electron chi connectivity index (χ1n) is 7.02. The Kier molecular flexibility index (Phi) is 5.58. The maximum Gasteiger partial charge on any atom is 0.0900 e. The van der Waals surface area contributed by atoms with E-state index >= 15 is 0 Å². The number of halogens is 1. The third-order valence-corrected chi connectivity index (χ3v) is 4.69. The Labute approximate surface area is 130 Å². The molecular formula is C16H21ClN2S. The van der Waals surface area contributed by atoms with E-state index in [9.17, 15) is 0 Å². The van der Waals surface area contributed by atoms with Gasteiger partial charge in [0.15, 0.2) is 0 Å². The highest BCUT2D eigenvalue weighted by molar-refractivity contribution is 7.11. The van der Waals surface area contributed by atoms with E-state index in [0.29, 0.717) is 6.04 Å². The van der Waals surface area contributed by atoms with Gasteiger partial charge in [0, 0.05) is 15.9 Å². The van der Waals surface area contributed by atoms with Gasteiger partial charge in [0.2, 0.25) is 0 Å². The standard InChI is InChI=1S/C16H21ClN2S/c1-4-9-18-15(16-11(2)19-12(3)20-16)10-13-5-7-14(17)8-6-13/h5-8,15,18H,4,9-10H2,1-3H3. The van der Waals surface area contributed by atoms with Crippen LogP contribution in [0.3, 0.4) is 0 Å². The van der Waals surface area contributed by atoms with Crippen molar-refractivity contribution in [2.24, 2.45) is 0 Å². The van der Waals surface area contributed by atoms with Crippen molar-refractivity contribution in [2.75, 3.05) is 6.54 Å². The number of nitrogens with one attached hydrogen (secondary N) is 1. The average molecular weight is 309 g/mol. The normalized spacial score (nSPS) is 12.6. The van der Waals surface area contributed by atoms with Crippen LogP contribution in [0, 0.1) is 13.8 Å². The Balaban J connectivity index is 2.19. The Morgan fingerprint density at radius 3 is 2.50 bits per heavy atom. The first-order chi connectivity index (χ1) is 9.60. The van der Waals surface area contributed by atoms with Gasteiger partial charge in [-0.1, -0.05) is 30.7 Å². The first-order valence-corrected chi connectivity index (χ1v) is 8.21. The Morgan fingerprint density at radius 1 is 1.25 bits per heavy atom. The van der Waals surface area contributed by atoms with Crippen molar-refractivity contribution in [3.63, 3.8) is 0 Å². The summed E-state index contributed by atoms with van der Waals surface area (Å²) in [6, 6.07) is 8.46. The minimum atomic E-state index is 0.335. The quantitative estimate of drug-likeness (QED) is 0.837. The summed E-state index contributed by atoms with van der Waals surface area (Å²) in [6.45, 7) is 7.38. The van der Waals surface area contributed by atoms with E-state index in [1.165, 1.54) is 10.4 Å². The van der Waals surface area contributed by atoms with Crippen molar-refractivity contribution >= 4 is 22.9 Å². The summed E-state index contributed by atoms with van der Waals surface area (Å²) in [5.74, 6) is 0. The molecule has 0 saturated carbocycles. The van der Waals surface area contributed by atoms with E-state index in [4.69, 9.17) is 11.6 Å². The van der Waals surface area contributed by atoms with E-state index in [-0.39, 0.29) is 0 Å². The smallest absolute Gasteiger partial charge is 0.0900 e. The number of hydrogen-bond acceptors (Lipinski definition) is 3. The summed E-state index contributed by atoms with van der Waals surface area (Å²) in [5.41, 5.74) is 2.45. The monoisotopic (exact) mass is 308 g/mol. The largest absolute Gasteiger partial charge is 0.309 e. The molecule has 1 aromatic carbocycles. The molecule has 0 saturated heterocycles. The number of aryl methyl sites for hydroxylation is 2. The summed E-state index contributed by atoms with van der Waals surface area (Å²) in [6.07, 6.45) is 2.10. The highest BCUT2D eigenvalue weighted by Gasteiger charge is 2.17. The van der Waals surface area contributed by atoms with Crippen molar-refractivity contribution < 1.29 is 0 Å². The lowest BCUT2D eigenvalue weighted by Gasteiger charge is -2.18. The summed E-state index contributed by atoms with van der Waals surface area (Å²) in [5, 5.41) is 5.56. The van der Waals surface area contributed by atoms with Crippen LogP contribution in [0.2, 0.25) is 5.02 Å². The van der Waals surface area contributed by atoms with Crippen molar-refractivity contribution in [1.29, 1.82) is 0 Å². The molecule has 0 aliphatic rings. The van der Waals surface area contributed by atoms with E-state index in [1.807, 2.05) is 12.1 Å². The molecule has 20 heavy (non-hydrogen) atoms. The average Bonchev–Trinajstić information content (AvgIpc) is 2.76. The number of nitrogens with zero attached hydrogens (tertiary/aromatic N) is 1. The minimum Gasteiger partial charge on any atom is -0.309 e. The molecule has 2 aromatic rings. The molecule has 0 fully saturated rings. The van der Waals surface area contributed by atoms with Crippen LogP contribution in [0.15, 0.2) is 24.3 Å². The third-order valence-electron chi connectivity index (χ3n) is 3.25. The number of benzene rings is 1. The van der Waals surface area contributed by atoms with Gasteiger partial charge in [-0.2, -0.15) is 0 Å². The van der Waals surface area contributed by atoms with Gasteiger partial charge in [-0.25, -0.2) is 4.98 Å². The highest BCUT2D eigenvalue weighted by atomic mass is 35.5. The maximum atomic E-state index is 5.95. The zero-order valence-corrected chi connectivity index (χ0v) is 13.8. The second kappa shape index (κ2) is 7.21. The predicted molar refractivity (Wildman–Crippen MR) is 87.8 cm³/mol. The molecule has 0 radical (unpaired) electrons. The summed E-state index contributed by atoms with van der Waals surface area (Å²) in [4.78, 5) is 5.91. The van der Waals surface area contributed by atoms with Crippen molar-refractivity contribution in [3.8, 4) is 0 Å². The molecular weight excluding hydrogens is 288 g/mol. The first kappa shape index (κ1) is 15.5. The van der Waals surface area contributed by atoms with Crippen LogP contribution in [0.25, 0.3) is 0 Å². The molecule has 0 spiro atoms. The summed E-state index contributed by atoms with van der Waals surface area (Å²) < 4.78 is 0. The Bertz CT molecular complexity index is 548. The second-order valence-corrected chi connectivity index (χ2v) is 6.69. The van der Waals surface area contributed by atoms with Gasteiger partial charge in [0.1, 0.15) is 0 Å². The van der Waals surface area contributed by atoms with Crippen molar-refractivity contribution in [1.82, 2.24) is 10.3 Å². The molecule has 0 aliphatic carbocycles. The van der Waals surface area contributed by atoms with Crippen LogP contribution in [-0.2, 0) is 6.42 Å². The van der Waals surface area contributed by atoms with Gasteiger partial charge in [0.25, 0.3) is 0 Å². The fourth-order valence-electron chi connectivity index (χ4n) is 2.30. The third kappa shape index (κ3) is 4.05. The number of rotatable bonds is 6. The molecule has 2 rings (SSSR count). The molecule has 1 atom stereocenters. The van der Waals surface area contributed by atoms with Gasteiger partial charge >= 0.3 is 0 Å². The van der Waals surface area contributed by atoms with Crippen LogP contribution in [0.4, 0.5) is 0 Å². The molecule has 1 unspecified atom stereocenters. The van der Waals surface area contributed by atoms with Gasteiger partial charge in [-0.3, -0.25) is 0 Å². The van der Waals surface area contributed by atoms with Crippen LogP contribution < -0.4 is 5.32 Å². The van der Waals surface area contributed by atoms with E-state index in [2.05, 4.69) is 43.2 Å². The van der Waals surface area contributed by atoms with E-state index in [0.717, 1.165) is 35.1 Å². The maximum absolute atomic E-state index is 5.95.